The molecule has 7 heteroatoms. The van der Waals surface area contributed by atoms with Crippen LogP contribution < -0.4 is 16.0 Å². The Bertz CT molecular complexity index is 518. The van der Waals surface area contributed by atoms with Crippen molar-refractivity contribution in [1.82, 2.24) is 20.2 Å². The van der Waals surface area contributed by atoms with E-state index in [-0.39, 0.29) is 6.04 Å². The second-order valence-corrected chi connectivity index (χ2v) is 4.83. The molecule has 0 bridgehead atoms. The van der Waals surface area contributed by atoms with Gasteiger partial charge in [0.25, 0.3) is 0 Å². The first-order chi connectivity index (χ1) is 9.21. The zero-order valence-corrected chi connectivity index (χ0v) is 12.4. The van der Waals surface area contributed by atoms with Crippen LogP contribution in [0.3, 0.4) is 0 Å². The van der Waals surface area contributed by atoms with Crippen molar-refractivity contribution >= 4 is 15.9 Å². The predicted molar refractivity (Wildman–Crippen MR) is 75.6 cm³/mol. The highest BCUT2D eigenvalue weighted by Gasteiger charge is 2.23. The highest BCUT2D eigenvalue weighted by atomic mass is 79.9. The predicted octanol–water partition coefficient (Wildman–Crippen LogP) is 1.62. The molecule has 0 saturated carbocycles. The van der Waals surface area contributed by atoms with Crippen molar-refractivity contribution in [3.05, 3.63) is 40.4 Å². The second-order valence-electron chi connectivity index (χ2n) is 3.91. The van der Waals surface area contributed by atoms with Crippen LogP contribution in [0.5, 0.6) is 5.75 Å². The summed E-state index contributed by atoms with van der Waals surface area (Å²) in [5.74, 6) is 6.37. The number of hydrogen-bond acceptors (Lipinski definition) is 5. The van der Waals surface area contributed by atoms with Crippen LogP contribution in [0.4, 0.5) is 0 Å². The molecular weight excluding hydrogens is 310 g/mol. The van der Waals surface area contributed by atoms with E-state index in [0.29, 0.717) is 5.75 Å². The lowest BCUT2D eigenvalue weighted by molar-refractivity contribution is 0.398. The Morgan fingerprint density at radius 2 is 2.26 bits per heavy atom. The largest absolute Gasteiger partial charge is 0.493 e. The van der Waals surface area contributed by atoms with Crippen LogP contribution in [0.25, 0.3) is 0 Å². The van der Waals surface area contributed by atoms with Crippen LogP contribution >= 0.6 is 15.9 Å². The zero-order valence-electron chi connectivity index (χ0n) is 10.8. The molecule has 1 unspecified atom stereocenters. The van der Waals surface area contributed by atoms with Crippen molar-refractivity contribution in [2.24, 2.45) is 5.84 Å². The molecule has 0 amide bonds. The monoisotopic (exact) mass is 325 g/mol. The van der Waals surface area contributed by atoms with Gasteiger partial charge in [0.05, 0.1) is 19.0 Å². The Hall–Kier alpha value is -1.44. The maximum absolute atomic E-state index is 5.68. The summed E-state index contributed by atoms with van der Waals surface area (Å²) >= 11 is 3.37. The van der Waals surface area contributed by atoms with Crippen LogP contribution in [0.2, 0.25) is 0 Å². The molecule has 2 heterocycles. The number of hydrazine groups is 1. The fourth-order valence-corrected chi connectivity index (χ4v) is 2.18. The van der Waals surface area contributed by atoms with E-state index < -0.39 is 0 Å². The maximum Gasteiger partial charge on any atom is 0.162 e. The number of methoxy groups -OCH3 is 1. The molecular formula is C12H16BrN5O. The molecule has 19 heavy (non-hydrogen) atoms. The number of aromatic nitrogens is 3. The lowest BCUT2D eigenvalue weighted by atomic mass is 10.1. The van der Waals surface area contributed by atoms with Crippen molar-refractivity contribution in [3.8, 4) is 5.75 Å². The average molecular weight is 326 g/mol. The molecule has 6 nitrogen and oxygen atoms in total. The molecule has 1 atom stereocenters. The standard InChI is InChI=1S/C12H16BrN5O/c1-3-18-12(10(19-2)7-16-18)11(17-14)9-5-4-8(13)6-15-9/h4-7,11,17H,3,14H2,1-2H3. The molecule has 0 radical (unpaired) electrons. The first-order valence-electron chi connectivity index (χ1n) is 5.88. The van der Waals surface area contributed by atoms with E-state index in [1.54, 1.807) is 19.5 Å². The van der Waals surface area contributed by atoms with Gasteiger partial charge in [-0.2, -0.15) is 5.10 Å². The van der Waals surface area contributed by atoms with Gasteiger partial charge in [-0.15, -0.1) is 0 Å². The SMILES string of the molecule is CCn1ncc(OC)c1C(NN)c1ccc(Br)cn1. The molecule has 2 aromatic rings. The number of pyridine rings is 1. The zero-order chi connectivity index (χ0) is 13.8. The van der Waals surface area contributed by atoms with E-state index in [1.165, 1.54) is 0 Å². The highest BCUT2D eigenvalue weighted by Crippen LogP contribution is 2.28. The number of aryl methyl sites for hydroxylation is 1. The molecule has 2 aromatic heterocycles. The molecule has 0 aliphatic rings. The minimum atomic E-state index is -0.273. The second kappa shape index (κ2) is 6.14. The summed E-state index contributed by atoms with van der Waals surface area (Å²) < 4.78 is 8.10. The van der Waals surface area contributed by atoms with Gasteiger partial charge in [0, 0.05) is 17.2 Å². The minimum absolute atomic E-state index is 0.273. The van der Waals surface area contributed by atoms with Gasteiger partial charge in [0.1, 0.15) is 11.7 Å². The van der Waals surface area contributed by atoms with Gasteiger partial charge in [0.15, 0.2) is 5.75 Å². The number of rotatable bonds is 5. The smallest absolute Gasteiger partial charge is 0.162 e. The van der Waals surface area contributed by atoms with Crippen molar-refractivity contribution in [2.45, 2.75) is 19.5 Å². The lowest BCUT2D eigenvalue weighted by Gasteiger charge is -2.18. The Morgan fingerprint density at radius 3 is 2.79 bits per heavy atom. The Morgan fingerprint density at radius 1 is 1.47 bits per heavy atom. The van der Waals surface area contributed by atoms with Gasteiger partial charge in [0.2, 0.25) is 0 Å². The van der Waals surface area contributed by atoms with Crippen LogP contribution in [0.1, 0.15) is 24.4 Å². The van der Waals surface area contributed by atoms with E-state index in [1.807, 2.05) is 23.7 Å². The maximum atomic E-state index is 5.68. The summed E-state index contributed by atoms with van der Waals surface area (Å²) in [6.45, 7) is 2.74. The third-order valence-corrected chi connectivity index (χ3v) is 3.32. The third kappa shape index (κ3) is 2.78. The van der Waals surface area contributed by atoms with Crippen molar-refractivity contribution in [1.29, 1.82) is 0 Å². The summed E-state index contributed by atoms with van der Waals surface area (Å²) in [6.07, 6.45) is 3.42. The van der Waals surface area contributed by atoms with E-state index in [0.717, 1.165) is 22.4 Å². The number of ether oxygens (including phenoxy) is 1. The first kappa shape index (κ1) is 14.0. The topological polar surface area (TPSA) is 78.0 Å². The van der Waals surface area contributed by atoms with Gasteiger partial charge < -0.3 is 4.74 Å². The van der Waals surface area contributed by atoms with E-state index in [2.05, 4.69) is 31.4 Å². The number of nitrogens with two attached hydrogens (primary N) is 1. The molecule has 0 spiro atoms. The van der Waals surface area contributed by atoms with Crippen molar-refractivity contribution < 1.29 is 4.74 Å². The molecule has 102 valence electrons. The van der Waals surface area contributed by atoms with E-state index in [4.69, 9.17) is 10.6 Å². The summed E-state index contributed by atoms with van der Waals surface area (Å²) in [5.41, 5.74) is 4.44. The van der Waals surface area contributed by atoms with Gasteiger partial charge in [-0.3, -0.25) is 15.5 Å². The molecule has 2 rings (SSSR count). The van der Waals surface area contributed by atoms with Gasteiger partial charge in [-0.1, -0.05) is 0 Å². The van der Waals surface area contributed by atoms with Crippen LogP contribution in [0, 0.1) is 0 Å². The summed E-state index contributed by atoms with van der Waals surface area (Å²) in [6, 6.07) is 3.55. The van der Waals surface area contributed by atoms with E-state index in [9.17, 15) is 0 Å². The molecule has 0 fully saturated rings. The van der Waals surface area contributed by atoms with Gasteiger partial charge in [-0.25, -0.2) is 5.43 Å². The van der Waals surface area contributed by atoms with Gasteiger partial charge in [-0.05, 0) is 35.0 Å². The van der Waals surface area contributed by atoms with Crippen molar-refractivity contribution in [2.75, 3.05) is 7.11 Å². The number of nitrogens with one attached hydrogen (secondary N) is 1. The fourth-order valence-electron chi connectivity index (χ4n) is 1.94. The molecule has 0 aliphatic carbocycles. The molecule has 0 aliphatic heterocycles. The number of hydrogen-bond donors (Lipinski definition) is 2. The first-order valence-corrected chi connectivity index (χ1v) is 6.67. The lowest BCUT2D eigenvalue weighted by Crippen LogP contribution is -2.31. The van der Waals surface area contributed by atoms with Crippen LogP contribution in [-0.2, 0) is 6.54 Å². The van der Waals surface area contributed by atoms with E-state index >= 15 is 0 Å². The highest BCUT2D eigenvalue weighted by molar-refractivity contribution is 9.10. The number of nitrogens with zero attached hydrogens (tertiary/aromatic N) is 3. The van der Waals surface area contributed by atoms with Gasteiger partial charge >= 0.3 is 0 Å². The normalized spacial score (nSPS) is 12.4. The summed E-state index contributed by atoms with van der Waals surface area (Å²) in [4.78, 5) is 4.37. The molecule has 0 saturated heterocycles. The number of halogens is 1. The minimum Gasteiger partial charge on any atom is -0.493 e. The Kier molecular flexibility index (Phi) is 4.52. The quantitative estimate of drug-likeness (QED) is 0.645. The average Bonchev–Trinajstić information content (AvgIpc) is 2.85. The molecule has 3 N–H and O–H groups in total. The van der Waals surface area contributed by atoms with Crippen LogP contribution in [-0.4, -0.2) is 21.9 Å². The molecule has 0 aromatic carbocycles. The Labute approximate surface area is 120 Å². The Balaban J connectivity index is 2.46. The summed E-state index contributed by atoms with van der Waals surface area (Å²) in [7, 11) is 1.61. The fraction of sp³-hybridized carbons (Fsp3) is 0.333. The van der Waals surface area contributed by atoms with Crippen LogP contribution in [0.15, 0.2) is 29.0 Å². The summed E-state index contributed by atoms with van der Waals surface area (Å²) in [5, 5.41) is 4.28. The third-order valence-electron chi connectivity index (χ3n) is 2.85. The van der Waals surface area contributed by atoms with Crippen molar-refractivity contribution in [3.63, 3.8) is 0 Å².